The normalized spacial score (nSPS) is 19.4. The number of fused-ring (bicyclic) bond motifs is 4. The van der Waals surface area contributed by atoms with Gasteiger partial charge in [0.15, 0.2) is 5.78 Å². The second-order valence-electron chi connectivity index (χ2n) is 10.4. The molecule has 3 aliphatic rings. The van der Waals surface area contributed by atoms with Gasteiger partial charge in [0.25, 0.3) is 0 Å². The molecule has 34 heavy (non-hydrogen) atoms. The molecule has 1 atom stereocenters. The molecule has 1 N–H and O–H groups in total. The fraction of sp³-hybridized carbons (Fsp3) is 0.633. The van der Waals surface area contributed by atoms with Crippen molar-refractivity contribution in [3.8, 4) is 5.75 Å². The van der Waals surface area contributed by atoms with Gasteiger partial charge in [-0.1, -0.05) is 83.6 Å². The minimum Gasteiger partial charge on any atom is -0.506 e. The van der Waals surface area contributed by atoms with Gasteiger partial charge in [0.05, 0.1) is 24.9 Å². The fourth-order valence-electron chi connectivity index (χ4n) is 5.92. The molecule has 0 bridgehead atoms. The van der Waals surface area contributed by atoms with Gasteiger partial charge in [0.1, 0.15) is 11.5 Å². The number of aliphatic hydroxyl groups excluding tert-OH is 1. The van der Waals surface area contributed by atoms with Gasteiger partial charge in [0, 0.05) is 11.3 Å². The Morgan fingerprint density at radius 3 is 2.38 bits per heavy atom. The Labute approximate surface area is 205 Å². The number of hydrogen-bond donors (Lipinski definition) is 1. The molecular formula is C30H43NO3. The first-order valence-electron chi connectivity index (χ1n) is 13.9. The second-order valence-corrected chi connectivity index (χ2v) is 10.4. The summed E-state index contributed by atoms with van der Waals surface area (Å²) in [6.07, 6.45) is 20.5. The van der Waals surface area contributed by atoms with Crippen molar-refractivity contribution in [3.63, 3.8) is 0 Å². The number of unbranched alkanes of at least 4 members (excludes halogenated alkanes) is 10. The van der Waals surface area contributed by atoms with Gasteiger partial charge >= 0.3 is 0 Å². The lowest BCUT2D eigenvalue weighted by Crippen LogP contribution is -2.52. The van der Waals surface area contributed by atoms with Gasteiger partial charge in [-0.05, 0) is 48.6 Å². The number of nitrogens with zero attached hydrogens (tertiary/aromatic N) is 1. The van der Waals surface area contributed by atoms with Crippen LogP contribution in [0.3, 0.4) is 0 Å². The Bertz CT molecular complexity index is 993. The van der Waals surface area contributed by atoms with Crippen LogP contribution in [0.25, 0.3) is 11.3 Å². The number of benzene rings is 1. The molecule has 0 saturated heterocycles. The Morgan fingerprint density at radius 1 is 0.941 bits per heavy atom. The Balaban J connectivity index is 1.31. The van der Waals surface area contributed by atoms with Crippen LogP contribution < -0.4 is 15.2 Å². The van der Waals surface area contributed by atoms with Gasteiger partial charge in [-0.15, -0.1) is 0 Å². The number of hydrogen-bond acceptors (Lipinski definition) is 4. The number of ketones is 1. The van der Waals surface area contributed by atoms with Crippen molar-refractivity contribution < 1.29 is 14.6 Å². The molecule has 2 heterocycles. The molecule has 1 aliphatic carbocycles. The van der Waals surface area contributed by atoms with E-state index in [0.29, 0.717) is 6.54 Å². The summed E-state index contributed by atoms with van der Waals surface area (Å²) in [7, 11) is 0. The maximum absolute atomic E-state index is 12.2. The van der Waals surface area contributed by atoms with Crippen LogP contribution in [0.15, 0.2) is 30.0 Å². The summed E-state index contributed by atoms with van der Waals surface area (Å²) < 4.78 is 6.12. The van der Waals surface area contributed by atoms with Crippen LogP contribution in [-0.4, -0.2) is 35.0 Å². The predicted molar refractivity (Wildman–Crippen MR) is 139 cm³/mol. The van der Waals surface area contributed by atoms with Crippen molar-refractivity contribution in [1.29, 1.82) is 0 Å². The van der Waals surface area contributed by atoms with E-state index in [4.69, 9.17) is 4.74 Å². The standard InChI is InChI=1S/C30H43NO3/c1-2-3-4-5-6-7-8-9-10-11-14-19-34-24-17-18-25-26-15-12-13-16-28(26)31-22-23(32)20-29(33)30(31)27(25)21-24/h17-18,20-21,28,33H,2-16,19,22H2,1H3/t28-/m0/s1. The van der Waals surface area contributed by atoms with Crippen molar-refractivity contribution in [2.24, 2.45) is 0 Å². The van der Waals surface area contributed by atoms with Crippen LogP contribution in [0.5, 0.6) is 5.75 Å². The number of carbonyl (C=O) groups excluding carboxylic acids is 1. The topological polar surface area (TPSA) is 49.8 Å². The lowest BCUT2D eigenvalue weighted by molar-refractivity contribution is -0.115. The fourth-order valence-corrected chi connectivity index (χ4v) is 5.92. The maximum atomic E-state index is 12.2. The number of rotatable bonds is 13. The van der Waals surface area contributed by atoms with Gasteiger partial charge < -0.3 is 14.7 Å². The van der Waals surface area contributed by atoms with E-state index in [1.807, 2.05) is 0 Å². The summed E-state index contributed by atoms with van der Waals surface area (Å²) in [5, 5.41) is 13.0. The largest absolute Gasteiger partial charge is 0.506 e. The lowest BCUT2D eigenvalue weighted by Gasteiger charge is -2.42. The highest BCUT2D eigenvalue weighted by molar-refractivity contribution is 5.97. The molecule has 4 nitrogen and oxygen atoms in total. The highest BCUT2D eigenvalue weighted by Crippen LogP contribution is 2.35. The van der Waals surface area contributed by atoms with Gasteiger partial charge in [-0.2, -0.15) is 0 Å². The highest BCUT2D eigenvalue weighted by Gasteiger charge is 2.35. The van der Waals surface area contributed by atoms with Gasteiger partial charge in [-0.25, -0.2) is 0 Å². The van der Waals surface area contributed by atoms with Crippen molar-refractivity contribution >= 4 is 17.1 Å². The molecule has 1 aromatic rings. The summed E-state index contributed by atoms with van der Waals surface area (Å²) in [6.45, 7) is 3.36. The van der Waals surface area contributed by atoms with Crippen molar-refractivity contribution in [3.05, 3.63) is 40.5 Å². The summed E-state index contributed by atoms with van der Waals surface area (Å²) in [6, 6.07) is 6.57. The first-order chi connectivity index (χ1) is 16.7. The molecule has 0 aromatic heterocycles. The second kappa shape index (κ2) is 12.5. The van der Waals surface area contributed by atoms with E-state index < -0.39 is 0 Å². The van der Waals surface area contributed by atoms with E-state index in [1.165, 1.54) is 93.9 Å². The van der Waals surface area contributed by atoms with Crippen molar-refractivity contribution in [2.45, 2.75) is 109 Å². The zero-order chi connectivity index (χ0) is 23.8. The van der Waals surface area contributed by atoms with Crippen LogP contribution in [-0.2, 0) is 4.79 Å². The molecule has 4 rings (SSSR count). The molecule has 0 amide bonds. The van der Waals surface area contributed by atoms with Crippen LogP contribution in [0.1, 0.15) is 103 Å². The molecule has 186 valence electrons. The summed E-state index contributed by atoms with van der Waals surface area (Å²) in [4.78, 5) is 14.3. The molecular weight excluding hydrogens is 422 g/mol. The Hall–Kier alpha value is -2.23. The minimum atomic E-state index is -0.0153. The van der Waals surface area contributed by atoms with Crippen LogP contribution in [0.4, 0.5) is 0 Å². The Kier molecular flexibility index (Phi) is 9.12. The van der Waals surface area contributed by atoms with E-state index in [0.717, 1.165) is 42.5 Å². The number of carbonyl (C=O) groups is 1. The highest BCUT2D eigenvalue weighted by atomic mass is 16.5. The van der Waals surface area contributed by atoms with Crippen LogP contribution in [0, 0.1) is 0 Å². The molecule has 0 radical (unpaired) electrons. The molecule has 1 fully saturated rings. The molecule has 0 spiro atoms. The zero-order valence-electron chi connectivity index (χ0n) is 21.1. The monoisotopic (exact) mass is 465 g/mol. The first-order valence-corrected chi connectivity index (χ1v) is 13.9. The van der Waals surface area contributed by atoms with Crippen LogP contribution in [0.2, 0.25) is 0 Å². The van der Waals surface area contributed by atoms with Crippen molar-refractivity contribution in [1.82, 2.24) is 4.90 Å². The summed E-state index contributed by atoms with van der Waals surface area (Å²) >= 11 is 0. The van der Waals surface area contributed by atoms with E-state index in [1.54, 1.807) is 0 Å². The van der Waals surface area contributed by atoms with Crippen molar-refractivity contribution in [2.75, 3.05) is 13.2 Å². The van der Waals surface area contributed by atoms with E-state index in [9.17, 15) is 9.90 Å². The molecule has 1 saturated carbocycles. The quantitative estimate of drug-likeness (QED) is 0.368. The smallest absolute Gasteiger partial charge is 0.178 e. The third kappa shape index (κ3) is 6.06. The molecule has 0 unspecified atom stereocenters. The SMILES string of the molecule is CCCCCCCCCCCCCOc1ccc2c(c1)=C1C(O)=CC(=O)CN1[C@H]1CCCCC=21. The Morgan fingerprint density at radius 2 is 1.65 bits per heavy atom. The third-order valence-corrected chi connectivity index (χ3v) is 7.71. The summed E-state index contributed by atoms with van der Waals surface area (Å²) in [5.74, 6) is 0.945. The lowest BCUT2D eigenvalue weighted by atomic mass is 9.83. The predicted octanol–water partition coefficient (Wildman–Crippen LogP) is 5.92. The number of aliphatic hydroxyl groups is 1. The maximum Gasteiger partial charge on any atom is 0.178 e. The average Bonchev–Trinajstić information content (AvgIpc) is 2.84. The first kappa shape index (κ1) is 24.9. The molecule has 4 heteroatoms. The van der Waals surface area contributed by atoms with E-state index >= 15 is 0 Å². The van der Waals surface area contributed by atoms with Gasteiger partial charge in [-0.3, -0.25) is 4.79 Å². The summed E-state index contributed by atoms with van der Waals surface area (Å²) in [5.41, 5.74) is 2.23. The van der Waals surface area contributed by atoms with Gasteiger partial charge in [0.2, 0.25) is 0 Å². The zero-order valence-corrected chi connectivity index (χ0v) is 21.1. The molecule has 2 aliphatic heterocycles. The minimum absolute atomic E-state index is 0.0153. The molecule has 1 aromatic carbocycles. The van der Waals surface area contributed by atoms with E-state index in [2.05, 4.69) is 30.0 Å². The number of ether oxygens (including phenoxy) is 1. The average molecular weight is 466 g/mol. The van der Waals surface area contributed by atoms with E-state index in [-0.39, 0.29) is 17.6 Å². The van der Waals surface area contributed by atoms with Crippen LogP contribution >= 0.6 is 0 Å². The third-order valence-electron chi connectivity index (χ3n) is 7.71.